The van der Waals surface area contributed by atoms with Crippen LogP contribution in [0, 0.1) is 11.3 Å². The molecule has 0 spiro atoms. The maximum absolute atomic E-state index is 12.9. The molecule has 0 aliphatic rings. The van der Waals surface area contributed by atoms with Crippen LogP contribution in [0.1, 0.15) is 22.8 Å². The van der Waals surface area contributed by atoms with E-state index in [-0.39, 0.29) is 12.2 Å². The van der Waals surface area contributed by atoms with Crippen molar-refractivity contribution in [3.8, 4) is 17.2 Å². The summed E-state index contributed by atoms with van der Waals surface area (Å²) < 4.78 is 7.17. The zero-order chi connectivity index (χ0) is 24.9. The maximum atomic E-state index is 12.9. The van der Waals surface area contributed by atoms with Crippen LogP contribution in [0.15, 0.2) is 97.2 Å². The van der Waals surface area contributed by atoms with Crippen molar-refractivity contribution in [2.75, 3.05) is 12.4 Å². The van der Waals surface area contributed by atoms with Gasteiger partial charge in [-0.2, -0.15) is 10.2 Å². The molecule has 0 amide bonds. The second-order valence-electron chi connectivity index (χ2n) is 8.30. The molecule has 1 N–H and O–H groups in total. The molecular formula is C29H23N5O2. The Bertz CT molecular complexity index is 1550. The van der Waals surface area contributed by atoms with E-state index in [1.54, 1.807) is 17.7 Å². The van der Waals surface area contributed by atoms with Crippen LogP contribution in [0.4, 0.5) is 11.6 Å². The molecule has 1 atom stereocenters. The molecule has 3 aromatic carbocycles. The molecule has 36 heavy (non-hydrogen) atoms. The van der Waals surface area contributed by atoms with Crippen LogP contribution in [0.5, 0.6) is 0 Å². The van der Waals surface area contributed by atoms with E-state index in [1.165, 1.54) is 0 Å². The van der Waals surface area contributed by atoms with Crippen molar-refractivity contribution in [3.63, 3.8) is 0 Å². The number of nitrogens with one attached hydrogen (secondary N) is 1. The van der Waals surface area contributed by atoms with Crippen LogP contribution in [-0.2, 0) is 16.0 Å². The molecule has 0 bridgehead atoms. The van der Waals surface area contributed by atoms with Crippen LogP contribution in [0.2, 0.25) is 0 Å². The first-order valence-electron chi connectivity index (χ1n) is 11.5. The number of Topliss-reactive ketones (excluding diaryl/α,β-unsaturated/α-hetero) is 1. The smallest absolute Gasteiger partial charge is 0.247 e. The molecule has 5 aromatic rings. The molecule has 0 fully saturated rings. The average Bonchev–Trinajstić information content (AvgIpc) is 3.32. The van der Waals surface area contributed by atoms with E-state index in [1.807, 2.05) is 91.1 Å². The van der Waals surface area contributed by atoms with Gasteiger partial charge in [0.1, 0.15) is 12.2 Å². The lowest BCUT2D eigenvalue weighted by Crippen LogP contribution is -2.16. The van der Waals surface area contributed by atoms with Crippen molar-refractivity contribution in [1.29, 1.82) is 5.26 Å². The van der Waals surface area contributed by atoms with Crippen LogP contribution in [-0.4, -0.2) is 27.5 Å². The Labute approximate surface area is 208 Å². The molecule has 176 valence electrons. The van der Waals surface area contributed by atoms with E-state index in [4.69, 9.17) is 4.74 Å². The summed E-state index contributed by atoms with van der Waals surface area (Å²) in [6.45, 7) is 0. The van der Waals surface area contributed by atoms with Crippen molar-refractivity contribution in [1.82, 2.24) is 14.6 Å². The molecule has 7 heteroatoms. The van der Waals surface area contributed by atoms with E-state index in [0.29, 0.717) is 22.8 Å². The SMILES string of the molecule is CO[C@H](C(=O)Cc1ccc(-c2ccc3nc(Nc4ccccc4C#N)nn3c2)cc1)c1ccccc1. The van der Waals surface area contributed by atoms with Gasteiger partial charge in [-0.15, -0.1) is 5.10 Å². The number of nitriles is 1. The normalized spacial score (nSPS) is 11.7. The molecule has 2 aromatic heterocycles. The van der Waals surface area contributed by atoms with Crippen molar-refractivity contribution >= 4 is 23.1 Å². The lowest BCUT2D eigenvalue weighted by atomic mass is 9.98. The highest BCUT2D eigenvalue weighted by Gasteiger charge is 2.20. The number of methoxy groups -OCH3 is 1. The predicted molar refractivity (Wildman–Crippen MR) is 138 cm³/mol. The van der Waals surface area contributed by atoms with Gasteiger partial charge in [0.2, 0.25) is 5.95 Å². The molecule has 5 rings (SSSR count). The molecule has 0 aliphatic carbocycles. The minimum absolute atomic E-state index is 0.0125. The van der Waals surface area contributed by atoms with Crippen molar-refractivity contribution in [2.24, 2.45) is 0 Å². The van der Waals surface area contributed by atoms with Gasteiger partial charge in [-0.3, -0.25) is 4.79 Å². The van der Waals surface area contributed by atoms with E-state index >= 15 is 0 Å². The third-order valence-corrected chi connectivity index (χ3v) is 5.92. The molecule has 0 unspecified atom stereocenters. The molecule has 7 nitrogen and oxygen atoms in total. The number of ether oxygens (including phenoxy) is 1. The number of rotatable bonds is 8. The number of anilines is 2. The number of fused-ring (bicyclic) bond motifs is 1. The number of ketones is 1. The molecule has 0 saturated heterocycles. The number of pyridine rings is 1. The average molecular weight is 474 g/mol. The Morgan fingerprint density at radius 2 is 1.69 bits per heavy atom. The van der Waals surface area contributed by atoms with Gasteiger partial charge >= 0.3 is 0 Å². The van der Waals surface area contributed by atoms with Gasteiger partial charge < -0.3 is 10.1 Å². The summed E-state index contributed by atoms with van der Waals surface area (Å²) >= 11 is 0. The number of carbonyl (C=O) groups excluding carboxylic acids is 1. The molecular weight excluding hydrogens is 450 g/mol. The van der Waals surface area contributed by atoms with Crippen molar-refractivity contribution in [3.05, 3.63) is 114 Å². The topological polar surface area (TPSA) is 92.3 Å². The minimum Gasteiger partial charge on any atom is -0.369 e. The highest BCUT2D eigenvalue weighted by Crippen LogP contribution is 2.24. The zero-order valence-corrected chi connectivity index (χ0v) is 19.6. The molecule has 0 saturated carbocycles. The number of aromatic nitrogens is 3. The lowest BCUT2D eigenvalue weighted by Gasteiger charge is -2.14. The summed E-state index contributed by atoms with van der Waals surface area (Å²) in [6.07, 6.45) is 1.61. The zero-order valence-electron chi connectivity index (χ0n) is 19.6. The number of para-hydroxylation sites is 1. The fourth-order valence-corrected chi connectivity index (χ4v) is 4.11. The molecule has 0 radical (unpaired) electrons. The fourth-order valence-electron chi connectivity index (χ4n) is 4.11. The summed E-state index contributed by atoms with van der Waals surface area (Å²) in [6, 6.07) is 30.7. The first-order chi connectivity index (χ1) is 17.6. The second kappa shape index (κ2) is 10.2. The number of benzene rings is 3. The summed E-state index contributed by atoms with van der Waals surface area (Å²) in [5, 5.41) is 16.9. The number of hydrogen-bond acceptors (Lipinski definition) is 6. The third kappa shape index (κ3) is 4.85. The van der Waals surface area contributed by atoms with Gasteiger partial charge in [0.05, 0.1) is 11.3 Å². The standard InChI is InChI=1S/C29H23N5O2/c1-36-28(22-7-3-2-4-8-22)26(35)17-20-11-13-21(14-12-20)24-15-16-27-32-29(33-34(27)19-24)31-25-10-6-5-9-23(25)18-30/h2-16,19,28H,17H2,1H3,(H,31,33)/t28-/m0/s1. The van der Waals surface area contributed by atoms with Gasteiger partial charge in [0.15, 0.2) is 11.4 Å². The van der Waals surface area contributed by atoms with Gasteiger partial charge in [-0.05, 0) is 41.0 Å². The number of nitrogens with zero attached hydrogens (tertiary/aromatic N) is 4. The van der Waals surface area contributed by atoms with Gasteiger partial charge in [0.25, 0.3) is 0 Å². The second-order valence-corrected chi connectivity index (χ2v) is 8.30. The largest absolute Gasteiger partial charge is 0.369 e. The van der Waals surface area contributed by atoms with Gasteiger partial charge in [-0.25, -0.2) is 4.52 Å². The minimum atomic E-state index is -0.580. The van der Waals surface area contributed by atoms with E-state index in [2.05, 4.69) is 21.5 Å². The van der Waals surface area contributed by atoms with Crippen molar-refractivity contribution < 1.29 is 9.53 Å². The molecule has 0 aliphatic heterocycles. The van der Waals surface area contributed by atoms with E-state index < -0.39 is 6.10 Å². The Hall–Kier alpha value is -4.80. The first kappa shape index (κ1) is 23.0. The van der Waals surface area contributed by atoms with Crippen LogP contribution < -0.4 is 5.32 Å². The monoisotopic (exact) mass is 473 g/mol. The quantitative estimate of drug-likeness (QED) is 0.319. The highest BCUT2D eigenvalue weighted by molar-refractivity contribution is 5.86. The van der Waals surface area contributed by atoms with E-state index in [0.717, 1.165) is 22.3 Å². The summed E-state index contributed by atoms with van der Waals surface area (Å²) in [4.78, 5) is 17.3. The van der Waals surface area contributed by atoms with Gasteiger partial charge in [-0.1, -0.05) is 66.7 Å². The predicted octanol–water partition coefficient (Wildman–Crippen LogP) is 5.51. The highest BCUT2D eigenvalue weighted by atomic mass is 16.5. The Morgan fingerprint density at radius 1 is 0.972 bits per heavy atom. The van der Waals surface area contributed by atoms with E-state index in [9.17, 15) is 10.1 Å². The first-order valence-corrected chi connectivity index (χ1v) is 11.5. The molecule has 2 heterocycles. The Balaban J connectivity index is 1.32. The number of carbonyl (C=O) groups is 1. The lowest BCUT2D eigenvalue weighted by molar-refractivity contribution is -0.128. The van der Waals surface area contributed by atoms with Crippen molar-refractivity contribution in [2.45, 2.75) is 12.5 Å². The fraction of sp³-hybridized carbons (Fsp3) is 0.103. The Kier molecular flexibility index (Phi) is 6.52. The third-order valence-electron chi connectivity index (χ3n) is 5.92. The summed E-state index contributed by atoms with van der Waals surface area (Å²) in [7, 11) is 1.56. The maximum Gasteiger partial charge on any atom is 0.247 e. The Morgan fingerprint density at radius 3 is 2.44 bits per heavy atom. The number of hydrogen-bond donors (Lipinski definition) is 1. The van der Waals surface area contributed by atoms with Gasteiger partial charge in [0, 0.05) is 25.3 Å². The summed E-state index contributed by atoms with van der Waals surface area (Å²) in [5.74, 6) is 0.424. The van der Waals surface area contributed by atoms with Crippen LogP contribution in [0.25, 0.3) is 16.8 Å². The van der Waals surface area contributed by atoms with Crippen LogP contribution >= 0.6 is 0 Å². The summed E-state index contributed by atoms with van der Waals surface area (Å²) in [5.41, 5.74) is 5.61. The van der Waals surface area contributed by atoms with Crippen LogP contribution in [0.3, 0.4) is 0 Å².